The summed E-state index contributed by atoms with van der Waals surface area (Å²) in [5.74, 6) is 0.683. The fraction of sp³-hybridized carbons (Fsp3) is 0.294. The predicted molar refractivity (Wildman–Crippen MR) is 78.3 cm³/mol. The van der Waals surface area contributed by atoms with Crippen LogP contribution in [-0.4, -0.2) is 5.11 Å². The Morgan fingerprint density at radius 3 is 2.37 bits per heavy atom. The van der Waals surface area contributed by atoms with Crippen molar-refractivity contribution in [2.75, 3.05) is 0 Å². The SMILES string of the molecule is CC(O)(c1ccccc1Cl)C1CC1c1ccccc1. The number of hydrogen-bond donors (Lipinski definition) is 1. The normalized spacial score (nSPS) is 24.8. The van der Waals surface area contributed by atoms with E-state index >= 15 is 0 Å². The number of aliphatic hydroxyl groups is 1. The summed E-state index contributed by atoms with van der Waals surface area (Å²) < 4.78 is 0. The highest BCUT2D eigenvalue weighted by atomic mass is 35.5. The van der Waals surface area contributed by atoms with E-state index in [2.05, 4.69) is 24.3 Å². The maximum Gasteiger partial charge on any atom is 0.0916 e. The third kappa shape index (κ3) is 2.29. The van der Waals surface area contributed by atoms with Gasteiger partial charge in [0.05, 0.1) is 5.60 Å². The van der Waals surface area contributed by atoms with Gasteiger partial charge in [0, 0.05) is 10.6 Å². The molecule has 19 heavy (non-hydrogen) atoms. The van der Waals surface area contributed by atoms with Crippen molar-refractivity contribution in [3.63, 3.8) is 0 Å². The van der Waals surface area contributed by atoms with E-state index in [1.807, 2.05) is 37.3 Å². The molecule has 1 N–H and O–H groups in total. The van der Waals surface area contributed by atoms with Gasteiger partial charge in [0.2, 0.25) is 0 Å². The summed E-state index contributed by atoms with van der Waals surface area (Å²) in [6, 6.07) is 18.0. The van der Waals surface area contributed by atoms with Crippen molar-refractivity contribution < 1.29 is 5.11 Å². The lowest BCUT2D eigenvalue weighted by Gasteiger charge is -2.25. The molecular formula is C17H17ClO. The van der Waals surface area contributed by atoms with Crippen LogP contribution in [0.25, 0.3) is 0 Å². The molecule has 2 aromatic rings. The highest BCUT2D eigenvalue weighted by Crippen LogP contribution is 2.57. The van der Waals surface area contributed by atoms with E-state index in [1.54, 1.807) is 0 Å². The Hall–Kier alpha value is -1.31. The summed E-state index contributed by atoms with van der Waals surface area (Å²) in [5, 5.41) is 11.5. The number of hydrogen-bond acceptors (Lipinski definition) is 1. The Labute approximate surface area is 118 Å². The maximum atomic E-state index is 10.9. The molecule has 1 saturated carbocycles. The van der Waals surface area contributed by atoms with Gasteiger partial charge in [-0.1, -0.05) is 60.1 Å². The van der Waals surface area contributed by atoms with Crippen LogP contribution in [0.3, 0.4) is 0 Å². The molecule has 1 aliphatic rings. The molecule has 1 nitrogen and oxygen atoms in total. The molecule has 0 aliphatic heterocycles. The molecule has 0 aromatic heterocycles. The van der Waals surface area contributed by atoms with Gasteiger partial charge in [0.1, 0.15) is 0 Å². The fourth-order valence-electron chi connectivity index (χ4n) is 2.96. The molecule has 98 valence electrons. The van der Waals surface area contributed by atoms with Gasteiger partial charge in [-0.25, -0.2) is 0 Å². The second-order valence-corrected chi connectivity index (χ2v) is 5.89. The lowest BCUT2D eigenvalue weighted by molar-refractivity contribution is 0.0310. The number of halogens is 1. The zero-order chi connectivity index (χ0) is 13.5. The molecule has 0 radical (unpaired) electrons. The van der Waals surface area contributed by atoms with E-state index < -0.39 is 5.60 Å². The summed E-state index contributed by atoms with van der Waals surface area (Å²) in [4.78, 5) is 0. The highest BCUT2D eigenvalue weighted by molar-refractivity contribution is 6.31. The largest absolute Gasteiger partial charge is 0.385 e. The molecule has 0 spiro atoms. The minimum absolute atomic E-state index is 0.245. The molecule has 2 aromatic carbocycles. The first-order chi connectivity index (χ1) is 9.10. The van der Waals surface area contributed by atoms with Gasteiger partial charge in [-0.15, -0.1) is 0 Å². The Morgan fingerprint density at radius 2 is 1.68 bits per heavy atom. The van der Waals surface area contributed by atoms with Gasteiger partial charge in [0.15, 0.2) is 0 Å². The van der Waals surface area contributed by atoms with E-state index in [0.29, 0.717) is 10.9 Å². The Bertz CT molecular complexity index is 577. The first kappa shape index (κ1) is 12.7. The smallest absolute Gasteiger partial charge is 0.0916 e. The standard InChI is InChI=1S/C17H17ClO/c1-17(19,14-9-5-6-10-16(14)18)15-11-13(15)12-7-3-2-4-8-12/h2-10,13,15,19H,11H2,1H3. The van der Waals surface area contributed by atoms with E-state index in [4.69, 9.17) is 11.6 Å². The molecular weight excluding hydrogens is 256 g/mol. The molecule has 3 rings (SSSR count). The summed E-state index contributed by atoms with van der Waals surface area (Å²) >= 11 is 6.21. The van der Waals surface area contributed by atoms with E-state index in [-0.39, 0.29) is 5.92 Å². The van der Waals surface area contributed by atoms with Crippen LogP contribution in [0.15, 0.2) is 54.6 Å². The van der Waals surface area contributed by atoms with Crippen molar-refractivity contribution in [1.82, 2.24) is 0 Å². The van der Waals surface area contributed by atoms with Crippen LogP contribution >= 0.6 is 11.6 Å². The molecule has 0 saturated heterocycles. The van der Waals surface area contributed by atoms with E-state index in [9.17, 15) is 5.11 Å². The van der Waals surface area contributed by atoms with Crippen LogP contribution in [0.4, 0.5) is 0 Å². The Kier molecular flexibility index (Phi) is 3.12. The molecule has 0 heterocycles. The van der Waals surface area contributed by atoms with Crippen molar-refractivity contribution in [3.8, 4) is 0 Å². The topological polar surface area (TPSA) is 20.2 Å². The first-order valence-corrected chi connectivity index (χ1v) is 7.01. The van der Waals surface area contributed by atoms with Gasteiger partial charge in [-0.3, -0.25) is 0 Å². The fourth-order valence-corrected chi connectivity index (χ4v) is 3.28. The Morgan fingerprint density at radius 1 is 1.05 bits per heavy atom. The van der Waals surface area contributed by atoms with Crippen LogP contribution in [0, 0.1) is 5.92 Å². The van der Waals surface area contributed by atoms with E-state index in [0.717, 1.165) is 12.0 Å². The highest BCUT2D eigenvalue weighted by Gasteiger charge is 2.51. The Balaban J connectivity index is 1.86. The lowest BCUT2D eigenvalue weighted by Crippen LogP contribution is -2.25. The summed E-state index contributed by atoms with van der Waals surface area (Å²) in [7, 11) is 0. The maximum absolute atomic E-state index is 10.9. The molecule has 3 atom stereocenters. The van der Waals surface area contributed by atoms with Crippen LogP contribution in [0.2, 0.25) is 5.02 Å². The van der Waals surface area contributed by atoms with Gasteiger partial charge in [-0.05, 0) is 36.8 Å². The average Bonchev–Trinajstić information content (AvgIpc) is 3.21. The van der Waals surface area contributed by atoms with Crippen molar-refractivity contribution >= 4 is 11.6 Å². The predicted octanol–water partition coefficient (Wildman–Crippen LogP) is 4.35. The monoisotopic (exact) mass is 272 g/mol. The average molecular weight is 273 g/mol. The van der Waals surface area contributed by atoms with Gasteiger partial charge >= 0.3 is 0 Å². The molecule has 0 amide bonds. The quantitative estimate of drug-likeness (QED) is 0.881. The van der Waals surface area contributed by atoms with Crippen LogP contribution in [-0.2, 0) is 5.60 Å². The second kappa shape index (κ2) is 4.66. The molecule has 1 aliphatic carbocycles. The number of rotatable bonds is 3. The van der Waals surface area contributed by atoms with Crippen molar-refractivity contribution in [2.24, 2.45) is 5.92 Å². The van der Waals surface area contributed by atoms with Crippen molar-refractivity contribution in [2.45, 2.75) is 24.9 Å². The summed E-state index contributed by atoms with van der Waals surface area (Å²) in [6.07, 6.45) is 1.02. The van der Waals surface area contributed by atoms with Crippen LogP contribution in [0.5, 0.6) is 0 Å². The zero-order valence-corrected chi connectivity index (χ0v) is 11.6. The molecule has 1 fully saturated rings. The van der Waals surface area contributed by atoms with Crippen LogP contribution in [0.1, 0.15) is 30.4 Å². The van der Waals surface area contributed by atoms with Crippen LogP contribution < -0.4 is 0 Å². The second-order valence-electron chi connectivity index (χ2n) is 5.49. The van der Waals surface area contributed by atoms with Gasteiger partial charge in [0.25, 0.3) is 0 Å². The van der Waals surface area contributed by atoms with E-state index in [1.165, 1.54) is 5.56 Å². The third-order valence-corrected chi connectivity index (χ3v) is 4.49. The van der Waals surface area contributed by atoms with Gasteiger partial charge < -0.3 is 5.11 Å². The molecule has 0 bridgehead atoms. The molecule has 2 heteroatoms. The van der Waals surface area contributed by atoms with Crippen molar-refractivity contribution in [1.29, 1.82) is 0 Å². The van der Waals surface area contributed by atoms with Gasteiger partial charge in [-0.2, -0.15) is 0 Å². The minimum Gasteiger partial charge on any atom is -0.385 e. The summed E-state index contributed by atoms with van der Waals surface area (Å²) in [5.41, 5.74) is 1.28. The summed E-state index contributed by atoms with van der Waals surface area (Å²) in [6.45, 7) is 1.88. The zero-order valence-electron chi connectivity index (χ0n) is 10.9. The number of benzene rings is 2. The lowest BCUT2D eigenvalue weighted by atomic mass is 9.88. The van der Waals surface area contributed by atoms with Crippen molar-refractivity contribution in [3.05, 3.63) is 70.7 Å². The third-order valence-electron chi connectivity index (χ3n) is 4.16. The first-order valence-electron chi connectivity index (χ1n) is 6.63. The minimum atomic E-state index is -0.862. The molecule has 3 unspecified atom stereocenters.